The van der Waals surface area contributed by atoms with Crippen LogP contribution in [0.5, 0.6) is 5.88 Å². The molecule has 0 amide bonds. The average molecular weight is 259 g/mol. The lowest BCUT2D eigenvalue weighted by molar-refractivity contribution is 0.184. The number of methoxy groups -OCH3 is 1. The van der Waals surface area contributed by atoms with Crippen molar-refractivity contribution < 1.29 is 9.47 Å². The van der Waals surface area contributed by atoms with E-state index in [1.54, 1.807) is 7.11 Å². The Bertz CT molecular complexity index is 317. The van der Waals surface area contributed by atoms with E-state index in [1.807, 2.05) is 25.1 Å². The van der Waals surface area contributed by atoms with Crippen molar-refractivity contribution in [2.45, 2.75) is 19.4 Å². The molecule has 17 heavy (non-hydrogen) atoms. The summed E-state index contributed by atoms with van der Waals surface area (Å²) in [6.07, 6.45) is 0.829. The van der Waals surface area contributed by atoms with Gasteiger partial charge in [0.25, 0.3) is 0 Å². The predicted molar refractivity (Wildman–Crippen MR) is 70.0 cm³/mol. The van der Waals surface area contributed by atoms with Gasteiger partial charge in [0.1, 0.15) is 5.82 Å². The molecule has 0 spiro atoms. The molecule has 1 rings (SSSR count). The molecule has 1 aromatic heterocycles. The Hall–Kier alpha value is -1.00. The Morgan fingerprint density at radius 2 is 2.29 bits per heavy atom. The summed E-state index contributed by atoms with van der Waals surface area (Å²) in [6, 6.07) is 5.81. The van der Waals surface area contributed by atoms with E-state index in [-0.39, 0.29) is 6.04 Å². The lowest BCUT2D eigenvalue weighted by atomic mass is 10.2. The maximum atomic E-state index is 5.74. The van der Waals surface area contributed by atoms with Crippen molar-refractivity contribution in [3.05, 3.63) is 18.2 Å². The fourth-order valence-electron chi connectivity index (χ4n) is 1.46. The van der Waals surface area contributed by atoms with E-state index in [9.17, 15) is 0 Å². The van der Waals surface area contributed by atoms with Gasteiger partial charge in [0.2, 0.25) is 5.88 Å². The van der Waals surface area contributed by atoms with Crippen LogP contribution in [-0.4, -0.2) is 37.2 Å². The second-order valence-electron chi connectivity index (χ2n) is 3.57. The third kappa shape index (κ3) is 5.24. The van der Waals surface area contributed by atoms with Crippen molar-refractivity contribution in [1.29, 1.82) is 0 Å². The van der Waals surface area contributed by atoms with Crippen LogP contribution in [0, 0.1) is 0 Å². The summed E-state index contributed by atoms with van der Waals surface area (Å²) < 4.78 is 10.5. The minimum absolute atomic E-state index is 0.168. The van der Waals surface area contributed by atoms with E-state index in [0.29, 0.717) is 25.0 Å². The van der Waals surface area contributed by atoms with E-state index in [0.717, 1.165) is 12.2 Å². The Labute approximate surface area is 107 Å². The molecule has 0 saturated carbocycles. The molecule has 0 radical (unpaired) electrons. The van der Waals surface area contributed by atoms with Crippen molar-refractivity contribution >= 4 is 17.4 Å². The summed E-state index contributed by atoms with van der Waals surface area (Å²) in [7, 11) is 1.67. The number of rotatable bonds is 8. The van der Waals surface area contributed by atoms with Crippen LogP contribution in [0.3, 0.4) is 0 Å². The third-order valence-electron chi connectivity index (χ3n) is 2.19. The van der Waals surface area contributed by atoms with Gasteiger partial charge in [0.05, 0.1) is 19.3 Å². The van der Waals surface area contributed by atoms with Gasteiger partial charge in [-0.2, -0.15) is 4.98 Å². The summed E-state index contributed by atoms with van der Waals surface area (Å²) in [5.41, 5.74) is 0. The zero-order valence-corrected chi connectivity index (χ0v) is 11.0. The molecule has 0 fully saturated rings. The number of nitrogens with one attached hydrogen (secondary N) is 1. The van der Waals surface area contributed by atoms with Gasteiger partial charge in [0.15, 0.2) is 0 Å². The summed E-state index contributed by atoms with van der Waals surface area (Å²) in [5.74, 6) is 1.99. The van der Waals surface area contributed by atoms with Gasteiger partial charge >= 0.3 is 0 Å². The first-order valence-electron chi connectivity index (χ1n) is 5.71. The monoisotopic (exact) mass is 258 g/mol. The van der Waals surface area contributed by atoms with Gasteiger partial charge < -0.3 is 14.8 Å². The fourth-order valence-corrected chi connectivity index (χ4v) is 1.73. The first-order valence-corrected chi connectivity index (χ1v) is 6.25. The lowest BCUT2D eigenvalue weighted by Crippen LogP contribution is -2.25. The Morgan fingerprint density at radius 3 is 2.94 bits per heavy atom. The molecular weight excluding hydrogens is 240 g/mol. The van der Waals surface area contributed by atoms with Crippen LogP contribution >= 0.6 is 11.6 Å². The molecule has 5 heteroatoms. The standard InChI is InChI=1S/C12H19ClN2O2/c1-3-17-12-6-4-5-11(15-12)14-10(7-8-13)9-16-2/h4-6,10H,3,7-9H2,1-2H3,(H,14,15). The lowest BCUT2D eigenvalue weighted by Gasteiger charge is -2.17. The number of anilines is 1. The average Bonchev–Trinajstić information content (AvgIpc) is 2.30. The molecule has 96 valence electrons. The minimum Gasteiger partial charge on any atom is -0.478 e. The molecule has 0 aliphatic rings. The van der Waals surface area contributed by atoms with Crippen molar-refractivity contribution in [3.63, 3.8) is 0 Å². The van der Waals surface area contributed by atoms with Crippen LogP contribution in [-0.2, 0) is 4.74 Å². The maximum Gasteiger partial charge on any atom is 0.215 e. The minimum atomic E-state index is 0.168. The van der Waals surface area contributed by atoms with Gasteiger partial charge in [-0.05, 0) is 19.4 Å². The number of ether oxygens (including phenoxy) is 2. The zero-order valence-electron chi connectivity index (χ0n) is 10.3. The molecule has 0 bridgehead atoms. The molecular formula is C12H19ClN2O2. The third-order valence-corrected chi connectivity index (χ3v) is 2.41. The molecule has 0 aliphatic heterocycles. The normalized spacial score (nSPS) is 12.2. The largest absolute Gasteiger partial charge is 0.478 e. The highest BCUT2D eigenvalue weighted by atomic mass is 35.5. The number of hydrogen-bond acceptors (Lipinski definition) is 4. The Balaban J connectivity index is 2.60. The maximum absolute atomic E-state index is 5.74. The van der Waals surface area contributed by atoms with Crippen LogP contribution in [0.4, 0.5) is 5.82 Å². The number of halogens is 1. The molecule has 1 aromatic rings. The summed E-state index contributed by atoms with van der Waals surface area (Å²) in [5, 5.41) is 3.28. The molecule has 1 N–H and O–H groups in total. The second kappa shape index (κ2) is 8.14. The molecule has 0 aromatic carbocycles. The molecule has 1 unspecified atom stereocenters. The van der Waals surface area contributed by atoms with Gasteiger partial charge in [-0.25, -0.2) is 0 Å². The number of nitrogens with zero attached hydrogens (tertiary/aromatic N) is 1. The van der Waals surface area contributed by atoms with E-state index in [2.05, 4.69) is 10.3 Å². The highest BCUT2D eigenvalue weighted by Crippen LogP contribution is 2.13. The first kappa shape index (κ1) is 14.1. The van der Waals surface area contributed by atoms with Crippen molar-refractivity contribution in [2.24, 2.45) is 0 Å². The van der Waals surface area contributed by atoms with E-state index >= 15 is 0 Å². The van der Waals surface area contributed by atoms with Crippen LogP contribution in [0.1, 0.15) is 13.3 Å². The van der Waals surface area contributed by atoms with Crippen molar-refractivity contribution in [2.75, 3.05) is 31.5 Å². The molecule has 0 saturated heterocycles. The number of alkyl halides is 1. The van der Waals surface area contributed by atoms with Gasteiger partial charge in [-0.3, -0.25) is 0 Å². The number of hydrogen-bond donors (Lipinski definition) is 1. The zero-order chi connectivity index (χ0) is 12.5. The molecule has 0 aliphatic carbocycles. The highest BCUT2D eigenvalue weighted by Gasteiger charge is 2.08. The predicted octanol–water partition coefficient (Wildman–Crippen LogP) is 2.54. The van der Waals surface area contributed by atoms with E-state index in [4.69, 9.17) is 21.1 Å². The topological polar surface area (TPSA) is 43.4 Å². The summed E-state index contributed by atoms with van der Waals surface area (Å²) >= 11 is 5.74. The van der Waals surface area contributed by atoms with Gasteiger partial charge in [-0.15, -0.1) is 11.6 Å². The van der Waals surface area contributed by atoms with Crippen LogP contribution in [0.15, 0.2) is 18.2 Å². The first-order chi connectivity index (χ1) is 8.30. The second-order valence-corrected chi connectivity index (χ2v) is 3.95. The van der Waals surface area contributed by atoms with Gasteiger partial charge in [0, 0.05) is 19.1 Å². The van der Waals surface area contributed by atoms with Crippen LogP contribution < -0.4 is 10.1 Å². The SMILES string of the molecule is CCOc1cccc(NC(CCCl)COC)n1. The van der Waals surface area contributed by atoms with Crippen LogP contribution in [0.2, 0.25) is 0 Å². The quantitative estimate of drug-likeness (QED) is 0.728. The van der Waals surface area contributed by atoms with Crippen molar-refractivity contribution in [3.8, 4) is 5.88 Å². The van der Waals surface area contributed by atoms with Crippen LogP contribution in [0.25, 0.3) is 0 Å². The highest BCUT2D eigenvalue weighted by molar-refractivity contribution is 6.17. The van der Waals surface area contributed by atoms with Gasteiger partial charge in [-0.1, -0.05) is 6.07 Å². The van der Waals surface area contributed by atoms with E-state index < -0.39 is 0 Å². The summed E-state index contributed by atoms with van der Waals surface area (Å²) in [6.45, 7) is 3.15. The summed E-state index contributed by atoms with van der Waals surface area (Å²) in [4.78, 5) is 4.33. The number of aromatic nitrogens is 1. The molecule has 1 atom stereocenters. The smallest absolute Gasteiger partial charge is 0.215 e. The molecule has 4 nitrogen and oxygen atoms in total. The van der Waals surface area contributed by atoms with E-state index in [1.165, 1.54) is 0 Å². The Kier molecular flexibility index (Phi) is 6.74. The molecule has 1 heterocycles. The fraction of sp³-hybridized carbons (Fsp3) is 0.583. The Morgan fingerprint density at radius 1 is 1.47 bits per heavy atom. The van der Waals surface area contributed by atoms with Crippen molar-refractivity contribution in [1.82, 2.24) is 4.98 Å². The number of pyridine rings is 1.